The van der Waals surface area contributed by atoms with Crippen molar-refractivity contribution in [3.63, 3.8) is 0 Å². The van der Waals surface area contributed by atoms with Crippen LogP contribution in [0.1, 0.15) is 17.3 Å². The van der Waals surface area contributed by atoms with E-state index in [9.17, 15) is 22.8 Å². The molecule has 24 heavy (non-hydrogen) atoms. The molecule has 0 spiro atoms. The van der Waals surface area contributed by atoms with E-state index in [1.54, 1.807) is 19.3 Å². The Morgan fingerprint density at radius 2 is 1.71 bits per heavy atom. The van der Waals surface area contributed by atoms with E-state index in [1.165, 1.54) is 27.4 Å². The molecular formula is C15H19N3O5S. The zero-order valence-corrected chi connectivity index (χ0v) is 14.3. The molecule has 2 fully saturated rings. The van der Waals surface area contributed by atoms with Gasteiger partial charge in [-0.2, -0.15) is 0 Å². The molecule has 2 amide bonds. The summed E-state index contributed by atoms with van der Waals surface area (Å²) in [5.74, 6) is -1.01. The Labute approximate surface area is 139 Å². The number of nitrogens with zero attached hydrogens (tertiary/aromatic N) is 3. The van der Waals surface area contributed by atoms with Crippen LogP contribution in [0.4, 0.5) is 0 Å². The van der Waals surface area contributed by atoms with Crippen LogP contribution >= 0.6 is 0 Å². The van der Waals surface area contributed by atoms with Crippen molar-refractivity contribution in [2.45, 2.75) is 19.0 Å². The van der Waals surface area contributed by atoms with Crippen LogP contribution in [0.15, 0.2) is 23.1 Å². The SMILES string of the molecule is CC(=O)N1CCN(C(=O)c2cccn(C)c2=O)[C@H]2CS(=O)(=O)C[C@H]21. The highest BCUT2D eigenvalue weighted by Gasteiger charge is 2.49. The second-order valence-corrected chi connectivity index (χ2v) is 8.41. The van der Waals surface area contributed by atoms with Crippen LogP contribution in [0.3, 0.4) is 0 Å². The average molecular weight is 353 g/mol. The maximum absolute atomic E-state index is 12.8. The molecule has 8 nitrogen and oxygen atoms in total. The third kappa shape index (κ3) is 2.72. The van der Waals surface area contributed by atoms with Crippen LogP contribution in [0.5, 0.6) is 0 Å². The van der Waals surface area contributed by atoms with Gasteiger partial charge in [-0.25, -0.2) is 8.42 Å². The third-order valence-corrected chi connectivity index (χ3v) is 6.39. The van der Waals surface area contributed by atoms with Crippen molar-refractivity contribution in [1.29, 1.82) is 0 Å². The minimum Gasteiger partial charge on any atom is -0.335 e. The van der Waals surface area contributed by atoms with Gasteiger partial charge in [0.25, 0.3) is 11.5 Å². The van der Waals surface area contributed by atoms with E-state index in [0.29, 0.717) is 0 Å². The largest absolute Gasteiger partial charge is 0.335 e. The first-order chi connectivity index (χ1) is 11.2. The third-order valence-electron chi connectivity index (χ3n) is 4.70. The summed E-state index contributed by atoms with van der Waals surface area (Å²) in [6.45, 7) is 1.88. The van der Waals surface area contributed by atoms with E-state index in [4.69, 9.17) is 0 Å². The van der Waals surface area contributed by atoms with Crippen molar-refractivity contribution in [2.24, 2.45) is 7.05 Å². The molecule has 130 valence electrons. The normalized spacial score (nSPS) is 25.4. The summed E-state index contributed by atoms with van der Waals surface area (Å²) in [5, 5.41) is 0. The van der Waals surface area contributed by atoms with Gasteiger partial charge in [0.1, 0.15) is 5.56 Å². The number of hydrogen-bond acceptors (Lipinski definition) is 5. The number of aryl methyl sites for hydroxylation is 1. The maximum atomic E-state index is 12.8. The van der Waals surface area contributed by atoms with Gasteiger partial charge in [0.2, 0.25) is 5.91 Å². The van der Waals surface area contributed by atoms with E-state index in [-0.39, 0.29) is 36.1 Å². The van der Waals surface area contributed by atoms with Crippen LogP contribution in [-0.2, 0) is 21.7 Å². The number of amides is 2. The Morgan fingerprint density at radius 1 is 1.12 bits per heavy atom. The van der Waals surface area contributed by atoms with Gasteiger partial charge >= 0.3 is 0 Å². The van der Waals surface area contributed by atoms with Gasteiger partial charge in [-0.05, 0) is 12.1 Å². The molecule has 3 rings (SSSR count). The number of pyridine rings is 1. The van der Waals surface area contributed by atoms with E-state index >= 15 is 0 Å². The smallest absolute Gasteiger partial charge is 0.263 e. The van der Waals surface area contributed by atoms with Crippen molar-refractivity contribution in [3.05, 3.63) is 34.2 Å². The lowest BCUT2D eigenvalue weighted by atomic mass is 10.0. The molecule has 0 aromatic carbocycles. The van der Waals surface area contributed by atoms with Gasteiger partial charge in [0, 0.05) is 33.3 Å². The first kappa shape index (κ1) is 16.7. The summed E-state index contributed by atoms with van der Waals surface area (Å²) in [5.41, 5.74) is -0.409. The fraction of sp³-hybridized carbons (Fsp3) is 0.533. The first-order valence-corrected chi connectivity index (χ1v) is 9.47. The van der Waals surface area contributed by atoms with E-state index < -0.39 is 33.4 Å². The van der Waals surface area contributed by atoms with E-state index in [0.717, 1.165) is 0 Å². The Hall–Kier alpha value is -2.16. The predicted molar refractivity (Wildman–Crippen MR) is 86.3 cm³/mol. The minimum atomic E-state index is -3.33. The standard InChI is InChI=1S/C15H19N3O5S/c1-10(19)17-6-7-18(13-9-24(22,23)8-12(13)17)15(21)11-4-3-5-16(2)14(11)20/h3-5,12-13H,6-9H2,1-2H3/t12-,13+/m1/s1. The lowest BCUT2D eigenvalue weighted by Gasteiger charge is -2.43. The molecule has 0 aliphatic carbocycles. The number of piperazine rings is 1. The van der Waals surface area contributed by atoms with Crippen molar-refractivity contribution >= 4 is 21.7 Å². The molecule has 3 heterocycles. The van der Waals surface area contributed by atoms with E-state index in [2.05, 4.69) is 0 Å². The van der Waals surface area contributed by atoms with Crippen molar-refractivity contribution in [2.75, 3.05) is 24.6 Å². The predicted octanol–water partition coefficient (Wildman–Crippen LogP) is -1.14. The van der Waals surface area contributed by atoms with E-state index in [1.807, 2.05) is 0 Å². The van der Waals surface area contributed by atoms with Crippen molar-refractivity contribution < 1.29 is 18.0 Å². The molecule has 0 unspecified atom stereocenters. The van der Waals surface area contributed by atoms with Crippen molar-refractivity contribution in [3.8, 4) is 0 Å². The second-order valence-electron chi connectivity index (χ2n) is 6.26. The summed E-state index contributed by atoms with van der Waals surface area (Å²) < 4.78 is 25.4. The van der Waals surface area contributed by atoms with Gasteiger partial charge in [-0.15, -0.1) is 0 Å². The molecule has 1 aromatic rings. The lowest BCUT2D eigenvalue weighted by Crippen LogP contribution is -2.62. The molecular weight excluding hydrogens is 334 g/mol. The van der Waals surface area contributed by atoms with Crippen LogP contribution in [0.25, 0.3) is 0 Å². The molecule has 0 bridgehead atoms. The number of hydrogen-bond donors (Lipinski definition) is 0. The number of aromatic nitrogens is 1. The molecule has 0 N–H and O–H groups in total. The Kier molecular flexibility index (Phi) is 3.98. The van der Waals surface area contributed by atoms with Crippen LogP contribution in [-0.4, -0.2) is 71.3 Å². The average Bonchev–Trinajstić information content (AvgIpc) is 2.82. The summed E-state index contributed by atoms with van der Waals surface area (Å²) in [6, 6.07) is 1.90. The van der Waals surface area contributed by atoms with Crippen molar-refractivity contribution in [1.82, 2.24) is 14.4 Å². The molecule has 2 saturated heterocycles. The Morgan fingerprint density at radius 3 is 2.33 bits per heavy atom. The van der Waals surface area contributed by atoms with Crippen LogP contribution < -0.4 is 5.56 Å². The van der Waals surface area contributed by atoms with Gasteiger partial charge < -0.3 is 14.4 Å². The Bertz CT molecular complexity index is 860. The Balaban J connectivity index is 1.97. The number of fused-ring (bicyclic) bond motifs is 1. The van der Waals surface area contributed by atoms with Gasteiger partial charge in [0.15, 0.2) is 9.84 Å². The summed E-state index contributed by atoms with van der Waals surface area (Å²) in [4.78, 5) is 39.7. The van der Waals surface area contributed by atoms with Crippen LogP contribution in [0.2, 0.25) is 0 Å². The number of carbonyl (C=O) groups excluding carboxylic acids is 2. The molecule has 9 heteroatoms. The summed E-state index contributed by atoms with van der Waals surface area (Å²) >= 11 is 0. The molecule has 1 aromatic heterocycles. The van der Waals surface area contributed by atoms with Gasteiger partial charge in [0.05, 0.1) is 23.6 Å². The fourth-order valence-electron chi connectivity index (χ4n) is 3.51. The molecule has 0 radical (unpaired) electrons. The highest BCUT2D eigenvalue weighted by atomic mass is 32.2. The highest BCUT2D eigenvalue weighted by molar-refractivity contribution is 7.91. The zero-order valence-electron chi connectivity index (χ0n) is 13.5. The topological polar surface area (TPSA) is 96.8 Å². The fourth-order valence-corrected chi connectivity index (χ4v) is 5.49. The molecule has 0 saturated carbocycles. The monoisotopic (exact) mass is 353 g/mol. The number of carbonyl (C=O) groups is 2. The van der Waals surface area contributed by atoms with Crippen LogP contribution in [0, 0.1) is 0 Å². The first-order valence-electron chi connectivity index (χ1n) is 7.65. The number of rotatable bonds is 1. The minimum absolute atomic E-state index is 0.0133. The highest BCUT2D eigenvalue weighted by Crippen LogP contribution is 2.27. The summed E-state index contributed by atoms with van der Waals surface area (Å²) in [6.07, 6.45) is 1.55. The quantitative estimate of drug-likeness (QED) is 0.635. The zero-order chi connectivity index (χ0) is 17.6. The summed E-state index contributed by atoms with van der Waals surface area (Å²) in [7, 11) is -1.78. The lowest BCUT2D eigenvalue weighted by molar-refractivity contribution is -0.133. The maximum Gasteiger partial charge on any atom is 0.263 e. The van der Waals surface area contributed by atoms with Gasteiger partial charge in [-0.1, -0.05) is 0 Å². The molecule has 2 aliphatic rings. The molecule has 2 atom stereocenters. The second kappa shape index (κ2) is 5.73. The molecule has 2 aliphatic heterocycles. The number of sulfone groups is 1. The van der Waals surface area contributed by atoms with Gasteiger partial charge in [-0.3, -0.25) is 14.4 Å².